The number of carbonyl (C=O) groups is 6. The molecule has 0 atom stereocenters. The fourth-order valence-electron chi connectivity index (χ4n) is 1.79. The van der Waals surface area contributed by atoms with E-state index < -0.39 is 36.4 Å². The van der Waals surface area contributed by atoms with Crippen LogP contribution in [0, 0.1) is 0 Å². The van der Waals surface area contributed by atoms with Gasteiger partial charge in [-0.25, -0.2) is 4.79 Å². The van der Waals surface area contributed by atoms with Gasteiger partial charge >= 0.3 is 32.2 Å². The van der Waals surface area contributed by atoms with E-state index >= 15 is 0 Å². The van der Waals surface area contributed by atoms with Gasteiger partial charge in [-0.3, -0.25) is 19.3 Å². The molecular weight excluding hydrogens is 515 g/mol. The van der Waals surface area contributed by atoms with Crippen molar-refractivity contribution in [3.8, 4) is 0 Å². The number of carboxylic acids is 2. The van der Waals surface area contributed by atoms with Gasteiger partial charge in [-0.15, -0.1) is 0 Å². The summed E-state index contributed by atoms with van der Waals surface area (Å²) >= 11 is 0. The van der Waals surface area contributed by atoms with Crippen LogP contribution in [-0.4, -0.2) is 40.9 Å². The van der Waals surface area contributed by atoms with Crippen LogP contribution in [0.2, 0.25) is 0 Å². The fraction of sp³-hybridized carbons (Fsp3) is 0.727. The molecule has 0 heterocycles. The van der Waals surface area contributed by atoms with Gasteiger partial charge < -0.3 is 19.8 Å². The minimum atomic E-state index is -1.28. The monoisotopic (exact) mass is 550 g/mol. The third-order valence-corrected chi connectivity index (χ3v) is 3.00. The Morgan fingerprint density at radius 2 is 0.939 bits per heavy atom. The standard InChI is InChI=1S/C10H18O4.2C6H10O3.Zr/c1-5-6-8(11)7-9(12)13-14-10(2,3)4;2*1-2-3-5(7)4-6(8)9;/h5-7H2,1-4H3;2*2-4H2,1H3,(H,8,9);/q;;;+2/p-2. The van der Waals surface area contributed by atoms with Crippen LogP contribution in [0.3, 0.4) is 0 Å². The predicted octanol–water partition coefficient (Wildman–Crippen LogP) is 1.01. The molecule has 0 saturated heterocycles. The predicted molar refractivity (Wildman–Crippen MR) is 111 cm³/mol. The van der Waals surface area contributed by atoms with Crippen LogP contribution in [0.25, 0.3) is 0 Å². The van der Waals surface area contributed by atoms with Crippen LogP contribution in [0.5, 0.6) is 0 Å². The summed E-state index contributed by atoms with van der Waals surface area (Å²) in [6.45, 7) is 10.8. The van der Waals surface area contributed by atoms with Crippen molar-refractivity contribution in [3.05, 3.63) is 0 Å². The van der Waals surface area contributed by atoms with Gasteiger partial charge in [-0.2, -0.15) is 4.89 Å². The molecule has 0 spiro atoms. The van der Waals surface area contributed by atoms with Crippen molar-refractivity contribution in [1.29, 1.82) is 0 Å². The second-order valence-electron chi connectivity index (χ2n) is 7.79. The summed E-state index contributed by atoms with van der Waals surface area (Å²) in [5, 5.41) is 19.5. The maximum atomic E-state index is 11.0. The molecule has 0 N–H and O–H groups in total. The average molecular weight is 552 g/mol. The fourth-order valence-corrected chi connectivity index (χ4v) is 1.79. The number of hydrogen-bond donors (Lipinski definition) is 0. The van der Waals surface area contributed by atoms with Gasteiger partial charge in [0.1, 0.15) is 29.4 Å². The first kappa shape index (κ1) is 38.5. The van der Waals surface area contributed by atoms with Gasteiger partial charge in [-0.05, 0) is 40.0 Å². The smallest absolute Gasteiger partial charge is 0.550 e. The van der Waals surface area contributed by atoms with Crippen LogP contribution < -0.4 is 10.2 Å². The summed E-state index contributed by atoms with van der Waals surface area (Å²) in [5.74, 6) is -3.81. The second-order valence-corrected chi connectivity index (χ2v) is 7.79. The molecule has 0 rings (SSSR count). The van der Waals surface area contributed by atoms with E-state index in [-0.39, 0.29) is 50.0 Å². The van der Waals surface area contributed by atoms with Crippen molar-refractivity contribution >= 4 is 35.3 Å². The summed E-state index contributed by atoms with van der Waals surface area (Å²) in [5.41, 5.74) is -0.538. The molecule has 0 unspecified atom stereocenters. The largest absolute Gasteiger partial charge is 2.00 e. The Balaban J connectivity index is -0.000000196. The Bertz CT molecular complexity index is 579. The summed E-state index contributed by atoms with van der Waals surface area (Å²) in [6.07, 6.45) is 2.16. The molecule has 0 bridgehead atoms. The van der Waals surface area contributed by atoms with E-state index in [1.807, 2.05) is 20.8 Å². The first-order valence-electron chi connectivity index (χ1n) is 10.5. The Hall–Kier alpha value is -1.74. The van der Waals surface area contributed by atoms with E-state index in [9.17, 15) is 39.0 Å². The van der Waals surface area contributed by atoms with Gasteiger partial charge in [0.15, 0.2) is 0 Å². The Morgan fingerprint density at radius 3 is 1.18 bits per heavy atom. The SMILES string of the molecule is CCCC(=O)CC(=O)OOC(C)(C)C.CCCC(=O)CC(=O)[O-].CCCC(=O)CC(=O)[O-].[Zr+2]. The quantitative estimate of drug-likeness (QED) is 0.183. The molecule has 188 valence electrons. The molecule has 0 aliphatic rings. The summed E-state index contributed by atoms with van der Waals surface area (Å²) in [6, 6.07) is 0. The molecule has 0 radical (unpaired) electrons. The van der Waals surface area contributed by atoms with E-state index in [4.69, 9.17) is 4.89 Å². The van der Waals surface area contributed by atoms with Gasteiger partial charge in [0, 0.05) is 44.0 Å². The van der Waals surface area contributed by atoms with E-state index in [0.717, 1.165) is 6.42 Å². The van der Waals surface area contributed by atoms with Crippen molar-refractivity contribution in [2.24, 2.45) is 0 Å². The third kappa shape index (κ3) is 37.9. The van der Waals surface area contributed by atoms with Crippen molar-refractivity contribution in [2.75, 3.05) is 0 Å². The van der Waals surface area contributed by atoms with Gasteiger partial charge in [0.25, 0.3) is 0 Å². The zero-order valence-corrected chi connectivity index (χ0v) is 22.9. The second kappa shape index (κ2) is 23.4. The molecular formula is C22H36O10Zr. The molecule has 0 amide bonds. The molecule has 11 heteroatoms. The zero-order chi connectivity index (χ0) is 25.7. The minimum absolute atomic E-state index is 0. The van der Waals surface area contributed by atoms with Crippen LogP contribution in [-0.2, 0) is 64.7 Å². The maximum absolute atomic E-state index is 11.0. The van der Waals surface area contributed by atoms with E-state index in [1.54, 1.807) is 20.8 Å². The molecule has 0 saturated carbocycles. The van der Waals surface area contributed by atoms with E-state index in [0.29, 0.717) is 32.1 Å². The van der Waals surface area contributed by atoms with Crippen molar-refractivity contribution in [1.82, 2.24) is 0 Å². The minimum Gasteiger partial charge on any atom is -0.550 e. The number of ketones is 3. The number of carboxylic acid groups (broad SMARTS) is 2. The molecule has 0 aliphatic carbocycles. The topological polar surface area (TPSA) is 167 Å². The molecule has 10 nitrogen and oxygen atoms in total. The number of rotatable bonds is 13. The molecule has 0 aliphatic heterocycles. The Labute approximate surface area is 214 Å². The average Bonchev–Trinajstić information content (AvgIpc) is 2.60. The summed E-state index contributed by atoms with van der Waals surface area (Å²) < 4.78 is 0. The molecule has 0 aromatic rings. The van der Waals surface area contributed by atoms with Crippen molar-refractivity contribution in [2.45, 2.75) is 105 Å². The molecule has 33 heavy (non-hydrogen) atoms. The van der Waals surface area contributed by atoms with Gasteiger partial charge in [0.05, 0.1) is 0 Å². The molecule has 0 aromatic heterocycles. The van der Waals surface area contributed by atoms with Crippen molar-refractivity contribution < 1.29 is 75.0 Å². The zero-order valence-electron chi connectivity index (χ0n) is 20.4. The third-order valence-electron chi connectivity index (χ3n) is 3.00. The Kier molecular flexibility index (Phi) is 27.3. The van der Waals surface area contributed by atoms with Gasteiger partial charge in [0.2, 0.25) is 0 Å². The van der Waals surface area contributed by atoms with Crippen LogP contribution in [0.15, 0.2) is 0 Å². The van der Waals surface area contributed by atoms with Crippen LogP contribution >= 0.6 is 0 Å². The summed E-state index contributed by atoms with van der Waals surface area (Å²) in [4.78, 5) is 71.6. The number of Topliss-reactive ketones (excluding diaryl/α,β-unsaturated/α-hetero) is 3. The van der Waals surface area contributed by atoms with Gasteiger partial charge in [-0.1, -0.05) is 20.8 Å². The number of carbonyl (C=O) groups excluding carboxylic acids is 6. The maximum Gasteiger partial charge on any atom is 2.00 e. The first-order chi connectivity index (χ1) is 14.7. The first-order valence-corrected chi connectivity index (χ1v) is 10.5. The van der Waals surface area contributed by atoms with Crippen molar-refractivity contribution in [3.63, 3.8) is 0 Å². The number of aliphatic carboxylic acids is 2. The Morgan fingerprint density at radius 1 is 0.636 bits per heavy atom. The number of hydrogen-bond acceptors (Lipinski definition) is 10. The van der Waals surface area contributed by atoms with Crippen LogP contribution in [0.1, 0.15) is 99.3 Å². The van der Waals surface area contributed by atoms with E-state index in [2.05, 4.69) is 4.89 Å². The van der Waals surface area contributed by atoms with Crippen LogP contribution in [0.4, 0.5) is 0 Å². The van der Waals surface area contributed by atoms with E-state index in [1.165, 1.54) is 0 Å². The normalized spacial score (nSPS) is 9.64. The molecule has 0 fully saturated rings. The summed E-state index contributed by atoms with van der Waals surface area (Å²) in [7, 11) is 0. The molecule has 0 aromatic carbocycles.